The van der Waals surface area contributed by atoms with Crippen LogP contribution in [0.4, 0.5) is 11.8 Å². The Morgan fingerprint density at radius 2 is 1.96 bits per heavy atom. The monoisotopic (exact) mass is 360 g/mol. The summed E-state index contributed by atoms with van der Waals surface area (Å²) in [6, 6.07) is 12.1. The number of rotatable bonds is 6. The van der Waals surface area contributed by atoms with Crippen LogP contribution in [0.1, 0.15) is 18.9 Å². The molecule has 6 nitrogen and oxygen atoms in total. The van der Waals surface area contributed by atoms with Gasteiger partial charge in [-0.3, -0.25) is 0 Å². The summed E-state index contributed by atoms with van der Waals surface area (Å²) in [7, 11) is -0.938. The van der Waals surface area contributed by atoms with Crippen molar-refractivity contribution >= 4 is 21.6 Å². The summed E-state index contributed by atoms with van der Waals surface area (Å²) in [6.45, 7) is 3.45. The maximum Gasteiger partial charge on any atom is 0.227 e. The summed E-state index contributed by atoms with van der Waals surface area (Å²) in [6.07, 6.45) is 2.38. The third-order valence-electron chi connectivity index (χ3n) is 4.53. The second kappa shape index (κ2) is 7.39. The molecule has 2 aromatic rings. The highest BCUT2D eigenvalue weighted by molar-refractivity contribution is 7.91. The fourth-order valence-corrected chi connectivity index (χ4v) is 4.94. The molecule has 2 heterocycles. The zero-order valence-electron chi connectivity index (χ0n) is 14.7. The molecule has 1 atom stereocenters. The molecule has 1 unspecified atom stereocenters. The second-order valence-corrected chi connectivity index (χ2v) is 8.63. The van der Waals surface area contributed by atoms with Crippen LogP contribution in [0.25, 0.3) is 0 Å². The normalized spacial score (nSPS) is 18.9. The van der Waals surface area contributed by atoms with Gasteiger partial charge >= 0.3 is 0 Å². The van der Waals surface area contributed by atoms with E-state index in [0.717, 1.165) is 12.4 Å². The maximum absolute atomic E-state index is 11.8. The summed E-state index contributed by atoms with van der Waals surface area (Å²) in [4.78, 5) is 13.1. The van der Waals surface area contributed by atoms with Gasteiger partial charge in [0.15, 0.2) is 9.84 Å². The third kappa shape index (κ3) is 4.28. The quantitative estimate of drug-likeness (QED) is 0.786. The summed E-state index contributed by atoms with van der Waals surface area (Å²) in [5.41, 5.74) is 1.21. The molecular weight excluding hydrogens is 336 g/mol. The van der Waals surface area contributed by atoms with E-state index in [1.165, 1.54) is 5.56 Å². The molecule has 0 aliphatic carbocycles. The van der Waals surface area contributed by atoms with Crippen molar-refractivity contribution in [2.45, 2.75) is 25.9 Å². The smallest absolute Gasteiger partial charge is 0.227 e. The van der Waals surface area contributed by atoms with E-state index in [2.05, 4.69) is 27.0 Å². The number of sulfone groups is 1. The first-order valence-electron chi connectivity index (χ1n) is 8.53. The molecule has 0 spiro atoms. The lowest BCUT2D eigenvalue weighted by Crippen LogP contribution is -2.37. The van der Waals surface area contributed by atoms with E-state index in [1.807, 2.05) is 43.1 Å². The van der Waals surface area contributed by atoms with Gasteiger partial charge in [0.25, 0.3) is 0 Å². The van der Waals surface area contributed by atoms with Crippen LogP contribution in [0.15, 0.2) is 42.6 Å². The largest absolute Gasteiger partial charge is 0.355 e. The van der Waals surface area contributed by atoms with Crippen molar-refractivity contribution in [1.82, 2.24) is 9.97 Å². The van der Waals surface area contributed by atoms with Gasteiger partial charge in [0.2, 0.25) is 5.95 Å². The molecule has 0 N–H and O–H groups in total. The van der Waals surface area contributed by atoms with Crippen molar-refractivity contribution in [3.8, 4) is 0 Å². The Kier molecular flexibility index (Phi) is 5.22. The number of benzene rings is 1. The highest BCUT2D eigenvalue weighted by atomic mass is 32.2. The van der Waals surface area contributed by atoms with Crippen molar-refractivity contribution in [2.24, 2.45) is 0 Å². The predicted octanol–water partition coefficient (Wildman–Crippen LogP) is 2.13. The zero-order valence-corrected chi connectivity index (χ0v) is 15.5. The van der Waals surface area contributed by atoms with Gasteiger partial charge in [-0.2, -0.15) is 4.98 Å². The minimum absolute atomic E-state index is 0.0373. The molecule has 1 aliphatic heterocycles. The van der Waals surface area contributed by atoms with Crippen molar-refractivity contribution < 1.29 is 8.42 Å². The van der Waals surface area contributed by atoms with Gasteiger partial charge in [-0.25, -0.2) is 13.4 Å². The maximum atomic E-state index is 11.8. The van der Waals surface area contributed by atoms with Crippen LogP contribution in [0.3, 0.4) is 0 Å². The van der Waals surface area contributed by atoms with E-state index in [1.54, 1.807) is 6.20 Å². The van der Waals surface area contributed by atoms with Crippen molar-refractivity contribution in [1.29, 1.82) is 0 Å². The van der Waals surface area contributed by atoms with Crippen LogP contribution < -0.4 is 9.80 Å². The topological polar surface area (TPSA) is 66.4 Å². The molecule has 0 saturated carbocycles. The van der Waals surface area contributed by atoms with E-state index < -0.39 is 9.84 Å². The minimum Gasteiger partial charge on any atom is -0.355 e. The Hall–Kier alpha value is -2.15. The molecule has 1 aromatic carbocycles. The summed E-state index contributed by atoms with van der Waals surface area (Å²) < 4.78 is 23.6. The SMILES string of the molecule is CCN(c1nccc(N(C)Cc2ccccc2)n1)C1CCS(=O)(=O)C1. The number of hydrogen-bond acceptors (Lipinski definition) is 6. The van der Waals surface area contributed by atoms with E-state index >= 15 is 0 Å². The number of anilines is 2. The highest BCUT2D eigenvalue weighted by Gasteiger charge is 2.32. The molecule has 1 aliphatic rings. The Morgan fingerprint density at radius 1 is 1.20 bits per heavy atom. The van der Waals surface area contributed by atoms with Crippen molar-refractivity contribution in [3.05, 3.63) is 48.2 Å². The summed E-state index contributed by atoms with van der Waals surface area (Å²) >= 11 is 0. The van der Waals surface area contributed by atoms with E-state index in [0.29, 0.717) is 18.9 Å². The molecule has 1 fully saturated rings. The molecule has 0 amide bonds. The molecule has 0 bridgehead atoms. The molecule has 25 heavy (non-hydrogen) atoms. The number of aromatic nitrogens is 2. The molecular formula is C18H24N4O2S. The van der Waals surface area contributed by atoms with E-state index in [-0.39, 0.29) is 17.5 Å². The molecule has 134 valence electrons. The predicted molar refractivity (Wildman–Crippen MR) is 101 cm³/mol. The standard InChI is InChI=1S/C18H24N4O2S/c1-3-22(16-10-12-25(23,24)14-16)18-19-11-9-17(20-18)21(2)13-15-7-5-4-6-8-15/h4-9,11,16H,3,10,12-14H2,1-2H3. The average Bonchev–Trinajstić information content (AvgIpc) is 2.96. The number of hydrogen-bond donors (Lipinski definition) is 0. The Labute approximate surface area is 149 Å². The van der Waals surface area contributed by atoms with Crippen LogP contribution in [-0.4, -0.2) is 49.5 Å². The summed E-state index contributed by atoms with van der Waals surface area (Å²) in [5, 5.41) is 0. The van der Waals surface area contributed by atoms with Gasteiger partial charge in [-0.15, -0.1) is 0 Å². The van der Waals surface area contributed by atoms with Crippen LogP contribution in [0, 0.1) is 0 Å². The van der Waals surface area contributed by atoms with E-state index in [9.17, 15) is 8.42 Å². The lowest BCUT2D eigenvalue weighted by atomic mass is 10.2. The van der Waals surface area contributed by atoms with Gasteiger partial charge < -0.3 is 9.80 Å². The van der Waals surface area contributed by atoms with Gasteiger partial charge in [0, 0.05) is 32.4 Å². The third-order valence-corrected chi connectivity index (χ3v) is 6.28. The van der Waals surface area contributed by atoms with Crippen LogP contribution in [0.5, 0.6) is 0 Å². The van der Waals surface area contributed by atoms with Crippen molar-refractivity contribution in [2.75, 3.05) is 34.9 Å². The van der Waals surface area contributed by atoms with Crippen LogP contribution in [0.2, 0.25) is 0 Å². The molecule has 0 radical (unpaired) electrons. The zero-order chi connectivity index (χ0) is 17.9. The van der Waals surface area contributed by atoms with Crippen LogP contribution >= 0.6 is 0 Å². The first kappa shape index (κ1) is 17.7. The molecule has 1 aromatic heterocycles. The molecule has 1 saturated heterocycles. The first-order chi connectivity index (χ1) is 12.0. The Morgan fingerprint density at radius 3 is 2.60 bits per heavy atom. The fourth-order valence-electron chi connectivity index (χ4n) is 3.21. The first-order valence-corrected chi connectivity index (χ1v) is 10.4. The Bertz CT molecular complexity index is 811. The van der Waals surface area contributed by atoms with Gasteiger partial charge in [0.1, 0.15) is 5.82 Å². The average molecular weight is 360 g/mol. The highest BCUT2D eigenvalue weighted by Crippen LogP contribution is 2.23. The Balaban J connectivity index is 1.78. The number of nitrogens with zero attached hydrogens (tertiary/aromatic N) is 4. The van der Waals surface area contributed by atoms with Crippen molar-refractivity contribution in [3.63, 3.8) is 0 Å². The van der Waals surface area contributed by atoms with Gasteiger partial charge in [0.05, 0.1) is 11.5 Å². The lowest BCUT2D eigenvalue weighted by molar-refractivity contribution is 0.599. The molecule has 7 heteroatoms. The molecule has 3 rings (SSSR count). The van der Waals surface area contributed by atoms with Crippen LogP contribution in [-0.2, 0) is 16.4 Å². The van der Waals surface area contributed by atoms with Gasteiger partial charge in [-0.05, 0) is 25.0 Å². The van der Waals surface area contributed by atoms with E-state index in [4.69, 9.17) is 0 Å². The lowest BCUT2D eigenvalue weighted by Gasteiger charge is -2.28. The minimum atomic E-state index is -2.93. The fraction of sp³-hybridized carbons (Fsp3) is 0.444. The summed E-state index contributed by atoms with van der Waals surface area (Å²) in [5.74, 6) is 1.87. The van der Waals surface area contributed by atoms with Gasteiger partial charge in [-0.1, -0.05) is 30.3 Å². The second-order valence-electron chi connectivity index (χ2n) is 6.40.